The molecule has 0 radical (unpaired) electrons. The Kier molecular flexibility index (Phi) is 8.73. The summed E-state index contributed by atoms with van der Waals surface area (Å²) in [5.74, 6) is -1.05. The van der Waals surface area contributed by atoms with Crippen molar-refractivity contribution in [2.24, 2.45) is 0 Å². The third-order valence-corrected chi connectivity index (χ3v) is 6.06. The molecule has 1 aliphatic rings. The first-order chi connectivity index (χ1) is 19.0. The zero-order valence-corrected chi connectivity index (χ0v) is 20.4. The van der Waals surface area contributed by atoms with Crippen LogP contribution >= 0.6 is 0 Å². The number of alkyl halides is 6. The predicted molar refractivity (Wildman–Crippen MR) is 128 cm³/mol. The highest BCUT2D eigenvalue weighted by Crippen LogP contribution is 2.34. The molecule has 1 fully saturated rings. The van der Waals surface area contributed by atoms with Crippen LogP contribution in [0.4, 0.5) is 32.0 Å². The van der Waals surface area contributed by atoms with E-state index in [1.165, 1.54) is 35.1 Å². The molecule has 3 aromatic rings. The summed E-state index contributed by atoms with van der Waals surface area (Å²) in [7, 11) is 0. The first-order valence-electron chi connectivity index (χ1n) is 11.8. The highest BCUT2D eigenvalue weighted by atomic mass is 19.3. The summed E-state index contributed by atoms with van der Waals surface area (Å²) in [5, 5.41) is 16.4. The van der Waals surface area contributed by atoms with Gasteiger partial charge in [-0.1, -0.05) is 12.1 Å². The van der Waals surface area contributed by atoms with E-state index in [2.05, 4.69) is 15.4 Å². The van der Waals surface area contributed by atoms with Crippen LogP contribution in [-0.4, -0.2) is 64.9 Å². The van der Waals surface area contributed by atoms with Gasteiger partial charge in [0.05, 0.1) is 30.2 Å². The Morgan fingerprint density at radius 1 is 1.15 bits per heavy atom. The summed E-state index contributed by atoms with van der Waals surface area (Å²) in [6, 6.07) is 7.09. The van der Waals surface area contributed by atoms with Crippen molar-refractivity contribution >= 4 is 11.6 Å². The Morgan fingerprint density at radius 3 is 2.48 bits per heavy atom. The standard InChI is InChI=1S/C25H22F6N4O5/c26-19(27)12-40-17-4-2-1-3-15(17)20-21(36)16(10-35(34-20)14-7-8-39-11-14)22(37)33-13-5-6-18(32-9-13)25(38,23(28)29)24(30)31/h1-6,9-10,14,19,23-24,38H,7-8,11-12H2,(H,33,37). The van der Waals surface area contributed by atoms with Gasteiger partial charge in [0.15, 0.2) is 0 Å². The lowest BCUT2D eigenvalue weighted by molar-refractivity contribution is -0.185. The van der Waals surface area contributed by atoms with Crippen molar-refractivity contribution in [3.05, 3.63) is 70.3 Å². The van der Waals surface area contributed by atoms with E-state index < -0.39 is 54.1 Å². The van der Waals surface area contributed by atoms with Crippen LogP contribution in [0.1, 0.15) is 28.5 Å². The molecule has 2 N–H and O–H groups in total. The molecule has 0 bridgehead atoms. The van der Waals surface area contributed by atoms with Gasteiger partial charge < -0.3 is 19.9 Å². The molecule has 1 amide bonds. The van der Waals surface area contributed by atoms with Crippen LogP contribution in [0.25, 0.3) is 11.3 Å². The maximum absolute atomic E-state index is 13.4. The number of carbonyl (C=O) groups is 1. The molecular weight excluding hydrogens is 550 g/mol. The number of benzene rings is 1. The van der Waals surface area contributed by atoms with E-state index in [4.69, 9.17) is 9.47 Å². The number of anilines is 1. The van der Waals surface area contributed by atoms with Gasteiger partial charge in [-0.05, 0) is 30.7 Å². The smallest absolute Gasteiger partial charge is 0.278 e. The number of pyridine rings is 1. The highest BCUT2D eigenvalue weighted by Gasteiger charge is 2.50. The summed E-state index contributed by atoms with van der Waals surface area (Å²) in [4.78, 5) is 30.0. The molecule has 1 atom stereocenters. The van der Waals surface area contributed by atoms with Gasteiger partial charge in [-0.15, -0.1) is 0 Å². The quantitative estimate of drug-likeness (QED) is 0.355. The fourth-order valence-corrected chi connectivity index (χ4v) is 3.93. The molecule has 0 aliphatic carbocycles. The van der Waals surface area contributed by atoms with E-state index in [0.29, 0.717) is 19.1 Å². The molecule has 1 unspecified atom stereocenters. The van der Waals surface area contributed by atoms with Gasteiger partial charge >= 0.3 is 0 Å². The van der Waals surface area contributed by atoms with E-state index in [1.807, 2.05) is 0 Å². The first-order valence-corrected chi connectivity index (χ1v) is 11.8. The van der Waals surface area contributed by atoms with E-state index in [1.54, 1.807) is 0 Å². The number of amides is 1. The number of aliphatic hydroxyl groups is 1. The van der Waals surface area contributed by atoms with Crippen LogP contribution in [0.15, 0.2) is 53.6 Å². The number of carbonyl (C=O) groups excluding carboxylic acids is 1. The third-order valence-electron chi connectivity index (χ3n) is 6.06. The van der Waals surface area contributed by atoms with E-state index in [9.17, 15) is 41.0 Å². The fraction of sp³-hybridized carbons (Fsp3) is 0.360. The minimum atomic E-state index is -3.85. The second kappa shape index (κ2) is 12.0. The lowest BCUT2D eigenvalue weighted by atomic mass is 10.0. The minimum absolute atomic E-state index is 0.0553. The zero-order chi connectivity index (χ0) is 29.0. The summed E-state index contributed by atoms with van der Waals surface area (Å²) in [6.45, 7) is -0.329. The van der Waals surface area contributed by atoms with Gasteiger partial charge in [-0.25, -0.2) is 26.3 Å². The Labute approximate surface area is 222 Å². The molecule has 0 spiro atoms. The molecule has 3 heterocycles. The van der Waals surface area contributed by atoms with Gasteiger partial charge in [0.25, 0.3) is 25.2 Å². The molecule has 214 valence electrons. The number of nitrogens with one attached hydrogen (secondary N) is 1. The monoisotopic (exact) mass is 572 g/mol. The van der Waals surface area contributed by atoms with Crippen LogP contribution in [0.5, 0.6) is 5.75 Å². The van der Waals surface area contributed by atoms with Crippen LogP contribution in [0.3, 0.4) is 0 Å². The maximum atomic E-state index is 13.4. The summed E-state index contributed by atoms with van der Waals surface area (Å²) in [6.07, 6.45) is -8.04. The minimum Gasteiger partial charge on any atom is -0.487 e. The first kappa shape index (κ1) is 29.0. The Bertz CT molecular complexity index is 1390. The number of nitrogens with zero attached hydrogens (tertiary/aromatic N) is 3. The molecule has 9 nitrogen and oxygen atoms in total. The van der Waals surface area contributed by atoms with Crippen LogP contribution in [0.2, 0.25) is 0 Å². The molecule has 2 aromatic heterocycles. The average Bonchev–Trinajstić information content (AvgIpc) is 3.47. The lowest BCUT2D eigenvalue weighted by Crippen LogP contribution is -2.42. The van der Waals surface area contributed by atoms with Crippen LogP contribution in [-0.2, 0) is 10.3 Å². The zero-order valence-electron chi connectivity index (χ0n) is 20.4. The number of ether oxygens (including phenoxy) is 2. The number of rotatable bonds is 10. The molecule has 1 aliphatic heterocycles. The number of aromatic nitrogens is 3. The second-order valence-electron chi connectivity index (χ2n) is 8.73. The average molecular weight is 572 g/mol. The van der Waals surface area contributed by atoms with Gasteiger partial charge in [0.2, 0.25) is 11.0 Å². The Morgan fingerprint density at radius 2 is 1.88 bits per heavy atom. The molecule has 0 saturated carbocycles. The van der Waals surface area contributed by atoms with E-state index >= 15 is 0 Å². The van der Waals surface area contributed by atoms with Gasteiger partial charge in [-0.2, -0.15) is 5.10 Å². The molecule has 4 rings (SSSR count). The van der Waals surface area contributed by atoms with Crippen molar-refractivity contribution in [2.45, 2.75) is 37.3 Å². The summed E-state index contributed by atoms with van der Waals surface area (Å²) < 4.78 is 89.9. The summed E-state index contributed by atoms with van der Waals surface area (Å²) >= 11 is 0. The van der Waals surface area contributed by atoms with Gasteiger partial charge in [-0.3, -0.25) is 19.3 Å². The van der Waals surface area contributed by atoms with Crippen LogP contribution in [0, 0.1) is 0 Å². The maximum Gasteiger partial charge on any atom is 0.278 e. The number of halogens is 6. The van der Waals surface area contributed by atoms with Crippen molar-refractivity contribution < 1.29 is 45.7 Å². The topological polar surface area (TPSA) is 116 Å². The third kappa shape index (κ3) is 5.94. The normalized spacial score (nSPS) is 15.7. The van der Waals surface area contributed by atoms with Crippen molar-refractivity contribution in [1.82, 2.24) is 14.8 Å². The number of para-hydroxylation sites is 1. The van der Waals surface area contributed by atoms with E-state index in [-0.39, 0.29) is 35.3 Å². The Balaban J connectivity index is 1.70. The number of hydrogen-bond acceptors (Lipinski definition) is 7. The molecule has 40 heavy (non-hydrogen) atoms. The lowest BCUT2D eigenvalue weighted by Gasteiger charge is -2.25. The van der Waals surface area contributed by atoms with Crippen molar-refractivity contribution in [2.75, 3.05) is 25.1 Å². The van der Waals surface area contributed by atoms with Crippen LogP contribution < -0.4 is 15.5 Å². The van der Waals surface area contributed by atoms with Crippen molar-refractivity contribution in [3.8, 4) is 17.0 Å². The fourth-order valence-electron chi connectivity index (χ4n) is 3.93. The Hall–Kier alpha value is -3.98. The van der Waals surface area contributed by atoms with Crippen molar-refractivity contribution in [1.29, 1.82) is 0 Å². The molecular formula is C25H22F6N4O5. The highest BCUT2D eigenvalue weighted by molar-refractivity contribution is 6.04. The largest absolute Gasteiger partial charge is 0.487 e. The predicted octanol–water partition coefficient (Wildman–Crippen LogP) is 3.88. The van der Waals surface area contributed by atoms with Crippen molar-refractivity contribution in [3.63, 3.8) is 0 Å². The second-order valence-corrected chi connectivity index (χ2v) is 8.73. The summed E-state index contributed by atoms with van der Waals surface area (Å²) in [5.41, 5.74) is -6.52. The van der Waals surface area contributed by atoms with E-state index in [0.717, 1.165) is 12.3 Å². The SMILES string of the molecule is O=C(Nc1ccc(C(O)(C(F)F)C(F)F)nc1)c1cn(C2CCOC2)nc(-c2ccccc2OCC(F)F)c1=O. The molecule has 1 aromatic carbocycles. The number of hydrogen-bond donors (Lipinski definition) is 2. The van der Waals surface area contributed by atoms with Gasteiger partial charge in [0, 0.05) is 18.4 Å². The van der Waals surface area contributed by atoms with Gasteiger partial charge in [0.1, 0.15) is 23.6 Å². The molecule has 1 saturated heterocycles. The molecule has 15 heteroatoms.